The Morgan fingerprint density at radius 1 is 0.794 bits per heavy atom. The topological polar surface area (TPSA) is 58.1 Å². The van der Waals surface area contributed by atoms with Gasteiger partial charge in [-0.2, -0.15) is 0 Å². The summed E-state index contributed by atoms with van der Waals surface area (Å²) in [6, 6.07) is 32.4. The molecule has 1 aliphatic heterocycles. The van der Waals surface area contributed by atoms with E-state index in [9.17, 15) is 4.79 Å². The number of aromatic nitrogens is 2. The van der Waals surface area contributed by atoms with Crippen LogP contribution in [0.4, 0.5) is 5.82 Å². The first-order valence-corrected chi connectivity index (χ1v) is 11.8. The lowest BCUT2D eigenvalue weighted by molar-refractivity contribution is -0.126. The molecule has 0 radical (unpaired) electrons. The zero-order chi connectivity index (χ0) is 23.2. The van der Waals surface area contributed by atoms with Crippen molar-refractivity contribution in [2.45, 2.75) is 18.9 Å². The molecule has 5 nitrogen and oxygen atoms in total. The van der Waals surface area contributed by atoms with Crippen molar-refractivity contribution in [2.75, 3.05) is 18.0 Å². The van der Waals surface area contributed by atoms with Crippen LogP contribution >= 0.6 is 0 Å². The molecule has 0 aliphatic carbocycles. The monoisotopic (exact) mass is 448 g/mol. The van der Waals surface area contributed by atoms with Crippen LogP contribution in [0.1, 0.15) is 30.0 Å². The fourth-order valence-corrected chi connectivity index (χ4v) is 4.57. The highest BCUT2D eigenvalue weighted by Crippen LogP contribution is 2.27. The molecule has 3 aromatic carbocycles. The highest BCUT2D eigenvalue weighted by Gasteiger charge is 2.28. The number of benzene rings is 3. The van der Waals surface area contributed by atoms with Crippen molar-refractivity contribution in [1.29, 1.82) is 0 Å². The van der Waals surface area contributed by atoms with E-state index >= 15 is 0 Å². The first-order chi connectivity index (χ1) is 16.8. The molecule has 0 unspecified atom stereocenters. The van der Waals surface area contributed by atoms with Crippen LogP contribution in [0.15, 0.2) is 103 Å². The van der Waals surface area contributed by atoms with Gasteiger partial charge < -0.3 is 10.2 Å². The lowest BCUT2D eigenvalue weighted by Gasteiger charge is -2.33. The molecular weight excluding hydrogens is 420 g/mol. The van der Waals surface area contributed by atoms with Gasteiger partial charge in [0.1, 0.15) is 12.1 Å². The van der Waals surface area contributed by atoms with Crippen molar-refractivity contribution < 1.29 is 4.79 Å². The van der Waals surface area contributed by atoms with Gasteiger partial charge in [-0.1, -0.05) is 91.0 Å². The quantitative estimate of drug-likeness (QED) is 0.437. The third kappa shape index (κ3) is 4.99. The van der Waals surface area contributed by atoms with Gasteiger partial charge >= 0.3 is 0 Å². The zero-order valence-corrected chi connectivity index (χ0v) is 19.0. The summed E-state index contributed by atoms with van der Waals surface area (Å²) in [4.78, 5) is 24.5. The summed E-state index contributed by atoms with van der Waals surface area (Å²) in [5.41, 5.74) is 4.18. The molecule has 1 aliphatic rings. The second-order valence-electron chi connectivity index (χ2n) is 8.65. The minimum absolute atomic E-state index is 0.0124. The molecule has 0 saturated carbocycles. The lowest BCUT2D eigenvalue weighted by atomic mass is 9.93. The first-order valence-electron chi connectivity index (χ1n) is 11.8. The number of carbonyl (C=O) groups excluding carboxylic acids is 1. The number of carbonyl (C=O) groups is 1. The van der Waals surface area contributed by atoms with Gasteiger partial charge in [-0.15, -0.1) is 0 Å². The van der Waals surface area contributed by atoms with E-state index in [0.29, 0.717) is 0 Å². The van der Waals surface area contributed by atoms with Crippen molar-refractivity contribution in [3.8, 4) is 11.3 Å². The minimum atomic E-state index is -0.150. The fraction of sp³-hybridized carbons (Fsp3) is 0.207. The van der Waals surface area contributed by atoms with Gasteiger partial charge in [-0.25, -0.2) is 9.97 Å². The number of anilines is 1. The number of piperidine rings is 1. The molecule has 5 heteroatoms. The molecule has 5 rings (SSSR count). The highest BCUT2D eigenvalue weighted by molar-refractivity contribution is 5.80. The summed E-state index contributed by atoms with van der Waals surface area (Å²) < 4.78 is 0. The average Bonchev–Trinajstić information content (AvgIpc) is 2.93. The van der Waals surface area contributed by atoms with Crippen LogP contribution in [-0.4, -0.2) is 29.0 Å². The summed E-state index contributed by atoms with van der Waals surface area (Å²) in [5, 5.41) is 3.32. The molecule has 4 aromatic rings. The van der Waals surface area contributed by atoms with Gasteiger partial charge in [0, 0.05) is 30.6 Å². The number of nitrogens with zero attached hydrogens (tertiary/aromatic N) is 3. The molecule has 0 spiro atoms. The van der Waals surface area contributed by atoms with Gasteiger partial charge in [0.05, 0.1) is 11.7 Å². The van der Waals surface area contributed by atoms with Crippen LogP contribution in [0.2, 0.25) is 0 Å². The zero-order valence-electron chi connectivity index (χ0n) is 19.0. The third-order valence-corrected chi connectivity index (χ3v) is 6.46. The van der Waals surface area contributed by atoms with Gasteiger partial charge in [-0.05, 0) is 24.0 Å². The molecule has 1 fully saturated rings. The second-order valence-corrected chi connectivity index (χ2v) is 8.65. The van der Waals surface area contributed by atoms with Crippen LogP contribution in [-0.2, 0) is 4.79 Å². The average molecular weight is 449 g/mol. The van der Waals surface area contributed by atoms with E-state index in [1.165, 1.54) is 0 Å². The maximum absolute atomic E-state index is 13.3. The standard InChI is InChI=1S/C29H28N4O/c34-29(32-28(23-12-6-2-7-13-23)24-14-8-3-9-15-24)25-16-18-33(19-17-25)27-20-26(30-21-31-27)22-10-4-1-5-11-22/h1-15,20-21,25,28H,16-19H2,(H,32,34). The number of nitrogens with one attached hydrogen (secondary N) is 1. The van der Waals surface area contributed by atoms with E-state index in [4.69, 9.17) is 0 Å². The maximum atomic E-state index is 13.3. The summed E-state index contributed by atoms with van der Waals surface area (Å²) in [5.74, 6) is 1.02. The van der Waals surface area contributed by atoms with Crippen molar-refractivity contribution in [2.24, 2.45) is 5.92 Å². The van der Waals surface area contributed by atoms with Crippen LogP contribution in [0.3, 0.4) is 0 Å². The molecule has 0 bridgehead atoms. The molecule has 1 amide bonds. The normalized spacial score (nSPS) is 14.2. The largest absolute Gasteiger partial charge is 0.356 e. The highest BCUT2D eigenvalue weighted by atomic mass is 16.1. The lowest BCUT2D eigenvalue weighted by Crippen LogP contribution is -2.42. The Labute approximate surface area is 200 Å². The van der Waals surface area contributed by atoms with E-state index in [-0.39, 0.29) is 17.9 Å². The van der Waals surface area contributed by atoms with E-state index in [1.54, 1.807) is 6.33 Å². The van der Waals surface area contributed by atoms with E-state index in [2.05, 4.69) is 56.6 Å². The van der Waals surface area contributed by atoms with Crippen molar-refractivity contribution >= 4 is 11.7 Å². The number of hydrogen-bond acceptors (Lipinski definition) is 4. The summed E-state index contributed by atoms with van der Waals surface area (Å²) in [6.07, 6.45) is 3.22. The Hall–Kier alpha value is -3.99. The van der Waals surface area contributed by atoms with E-state index < -0.39 is 0 Å². The van der Waals surface area contributed by atoms with Crippen molar-refractivity contribution in [1.82, 2.24) is 15.3 Å². The number of hydrogen-bond donors (Lipinski definition) is 1. The molecule has 1 aromatic heterocycles. The molecule has 1 saturated heterocycles. The summed E-state index contributed by atoms with van der Waals surface area (Å²) in [6.45, 7) is 1.59. The van der Waals surface area contributed by atoms with Gasteiger partial charge in [0.2, 0.25) is 5.91 Å². The predicted octanol–water partition coefficient (Wildman–Crippen LogP) is 5.27. The van der Waals surface area contributed by atoms with Gasteiger partial charge in [-0.3, -0.25) is 4.79 Å². The SMILES string of the molecule is O=C(NC(c1ccccc1)c1ccccc1)C1CCN(c2cc(-c3ccccc3)ncn2)CC1. The molecule has 1 N–H and O–H groups in total. The smallest absolute Gasteiger partial charge is 0.223 e. The van der Waals surface area contributed by atoms with Crippen LogP contribution in [0, 0.1) is 5.92 Å². The molecular formula is C29H28N4O. The minimum Gasteiger partial charge on any atom is -0.356 e. The Balaban J connectivity index is 1.25. The molecule has 0 atom stereocenters. The Morgan fingerprint density at radius 3 is 1.94 bits per heavy atom. The fourth-order valence-electron chi connectivity index (χ4n) is 4.57. The van der Waals surface area contributed by atoms with Crippen molar-refractivity contribution in [3.63, 3.8) is 0 Å². The van der Waals surface area contributed by atoms with Crippen LogP contribution < -0.4 is 10.2 Å². The molecule has 2 heterocycles. The van der Waals surface area contributed by atoms with E-state index in [1.807, 2.05) is 60.7 Å². The second kappa shape index (κ2) is 10.3. The summed E-state index contributed by atoms with van der Waals surface area (Å²) >= 11 is 0. The molecule has 34 heavy (non-hydrogen) atoms. The Morgan fingerprint density at radius 2 is 1.35 bits per heavy atom. The third-order valence-electron chi connectivity index (χ3n) is 6.46. The van der Waals surface area contributed by atoms with Crippen molar-refractivity contribution in [3.05, 3.63) is 115 Å². The predicted molar refractivity (Wildman–Crippen MR) is 135 cm³/mol. The number of rotatable bonds is 6. The van der Waals surface area contributed by atoms with Gasteiger partial charge in [0.25, 0.3) is 0 Å². The van der Waals surface area contributed by atoms with Crippen LogP contribution in [0.25, 0.3) is 11.3 Å². The first kappa shape index (κ1) is 21.8. The maximum Gasteiger partial charge on any atom is 0.223 e. The molecule has 170 valence electrons. The number of amides is 1. The van der Waals surface area contributed by atoms with E-state index in [0.717, 1.165) is 54.1 Å². The van der Waals surface area contributed by atoms with Gasteiger partial charge in [0.15, 0.2) is 0 Å². The Kier molecular flexibility index (Phi) is 6.61. The summed E-state index contributed by atoms with van der Waals surface area (Å²) in [7, 11) is 0. The van der Waals surface area contributed by atoms with Crippen LogP contribution in [0.5, 0.6) is 0 Å². The Bertz CT molecular complexity index is 1170.